The zero-order valence-electron chi connectivity index (χ0n) is 16.7. The van der Waals surface area contributed by atoms with Crippen LogP contribution in [0.1, 0.15) is 18.1 Å². The lowest BCUT2D eigenvalue weighted by Gasteiger charge is -2.39. The molecule has 27 heavy (non-hydrogen) atoms. The third-order valence-electron chi connectivity index (χ3n) is 5.40. The van der Waals surface area contributed by atoms with Gasteiger partial charge in [0.2, 0.25) is 5.91 Å². The number of rotatable bonds is 5. The molecule has 3 rings (SSSR count). The SMILES string of the molecule is COc1ccccc1N1CCN([C@H](C)C(=O)Nc2c(C)cccc2C)CC1. The molecule has 1 heterocycles. The Hall–Kier alpha value is -2.53. The number of nitrogens with zero attached hydrogens (tertiary/aromatic N) is 2. The van der Waals surface area contributed by atoms with Gasteiger partial charge in [-0.2, -0.15) is 0 Å². The molecule has 1 amide bonds. The normalized spacial score (nSPS) is 16.1. The largest absolute Gasteiger partial charge is 0.495 e. The molecule has 1 aliphatic heterocycles. The van der Waals surface area contributed by atoms with E-state index in [0.29, 0.717) is 0 Å². The van der Waals surface area contributed by atoms with E-state index in [1.807, 2.05) is 57.2 Å². The number of para-hydroxylation sites is 3. The molecule has 144 valence electrons. The maximum atomic E-state index is 12.8. The summed E-state index contributed by atoms with van der Waals surface area (Å²) < 4.78 is 5.48. The standard InChI is InChI=1S/C22H29N3O2/c1-16-8-7-9-17(2)21(16)23-22(26)18(3)24-12-14-25(15-13-24)19-10-5-6-11-20(19)27-4/h5-11,18H,12-15H2,1-4H3,(H,23,26)/t18-/m1/s1. The molecule has 0 saturated carbocycles. The van der Waals surface area contributed by atoms with Gasteiger partial charge in [-0.3, -0.25) is 9.69 Å². The number of aryl methyl sites for hydroxylation is 2. The second-order valence-electron chi connectivity index (χ2n) is 7.13. The van der Waals surface area contributed by atoms with Crippen LogP contribution in [0.2, 0.25) is 0 Å². The Bertz CT molecular complexity index is 778. The number of methoxy groups -OCH3 is 1. The van der Waals surface area contributed by atoms with E-state index in [2.05, 4.69) is 21.2 Å². The molecule has 0 spiro atoms. The number of benzene rings is 2. The van der Waals surface area contributed by atoms with E-state index in [1.54, 1.807) is 7.11 Å². The first-order valence-electron chi connectivity index (χ1n) is 9.50. The molecule has 2 aromatic rings. The van der Waals surface area contributed by atoms with E-state index < -0.39 is 0 Å². The summed E-state index contributed by atoms with van der Waals surface area (Å²) in [5.41, 5.74) is 4.24. The van der Waals surface area contributed by atoms with Gasteiger partial charge in [0.1, 0.15) is 5.75 Å². The molecule has 5 nitrogen and oxygen atoms in total. The van der Waals surface area contributed by atoms with Crippen LogP contribution < -0.4 is 15.0 Å². The minimum Gasteiger partial charge on any atom is -0.495 e. The molecule has 1 N–H and O–H groups in total. The number of piperazine rings is 1. The monoisotopic (exact) mass is 367 g/mol. The number of ether oxygens (including phenoxy) is 1. The van der Waals surface area contributed by atoms with Crippen LogP contribution in [-0.2, 0) is 4.79 Å². The smallest absolute Gasteiger partial charge is 0.241 e. The van der Waals surface area contributed by atoms with Gasteiger partial charge in [-0.1, -0.05) is 30.3 Å². The zero-order chi connectivity index (χ0) is 19.4. The third-order valence-corrected chi connectivity index (χ3v) is 5.40. The van der Waals surface area contributed by atoms with Crippen LogP contribution in [0.4, 0.5) is 11.4 Å². The Morgan fingerprint density at radius 3 is 2.26 bits per heavy atom. The second kappa shape index (κ2) is 8.44. The van der Waals surface area contributed by atoms with Gasteiger partial charge in [0, 0.05) is 31.9 Å². The summed E-state index contributed by atoms with van der Waals surface area (Å²) in [6.45, 7) is 9.49. The summed E-state index contributed by atoms with van der Waals surface area (Å²) in [5.74, 6) is 0.949. The molecule has 1 atom stereocenters. The summed E-state index contributed by atoms with van der Waals surface area (Å²) in [5, 5.41) is 3.12. The van der Waals surface area contributed by atoms with Crippen molar-refractivity contribution in [3.05, 3.63) is 53.6 Å². The van der Waals surface area contributed by atoms with Gasteiger partial charge in [-0.15, -0.1) is 0 Å². The lowest BCUT2D eigenvalue weighted by atomic mass is 10.1. The average molecular weight is 367 g/mol. The number of nitrogens with one attached hydrogen (secondary N) is 1. The molecular weight excluding hydrogens is 338 g/mol. The van der Waals surface area contributed by atoms with Gasteiger partial charge in [-0.25, -0.2) is 0 Å². The van der Waals surface area contributed by atoms with Crippen LogP contribution in [0.3, 0.4) is 0 Å². The van der Waals surface area contributed by atoms with Crippen molar-refractivity contribution in [2.45, 2.75) is 26.8 Å². The molecule has 0 bridgehead atoms. The molecule has 0 aliphatic carbocycles. The van der Waals surface area contributed by atoms with Crippen molar-refractivity contribution in [1.82, 2.24) is 4.90 Å². The van der Waals surface area contributed by atoms with Crippen molar-refractivity contribution in [2.75, 3.05) is 43.5 Å². The second-order valence-corrected chi connectivity index (χ2v) is 7.13. The van der Waals surface area contributed by atoms with Crippen molar-refractivity contribution in [2.24, 2.45) is 0 Å². The highest BCUT2D eigenvalue weighted by atomic mass is 16.5. The fourth-order valence-electron chi connectivity index (χ4n) is 3.65. The summed E-state index contributed by atoms with van der Waals surface area (Å²) in [4.78, 5) is 17.4. The Kier molecular flexibility index (Phi) is 6.01. The number of amides is 1. The van der Waals surface area contributed by atoms with Gasteiger partial charge >= 0.3 is 0 Å². The lowest BCUT2D eigenvalue weighted by molar-refractivity contribution is -0.120. The average Bonchev–Trinajstić information content (AvgIpc) is 2.70. The van der Waals surface area contributed by atoms with E-state index in [4.69, 9.17) is 4.74 Å². The Labute approximate surface area is 161 Å². The number of carbonyl (C=O) groups excluding carboxylic acids is 1. The summed E-state index contributed by atoms with van der Waals surface area (Å²) in [6.07, 6.45) is 0. The maximum Gasteiger partial charge on any atom is 0.241 e. The molecular formula is C22H29N3O2. The maximum absolute atomic E-state index is 12.8. The molecule has 5 heteroatoms. The first-order chi connectivity index (χ1) is 13.0. The van der Waals surface area contributed by atoms with Gasteiger partial charge in [0.05, 0.1) is 18.8 Å². The van der Waals surface area contributed by atoms with Crippen LogP contribution in [0, 0.1) is 13.8 Å². The fraction of sp³-hybridized carbons (Fsp3) is 0.409. The molecule has 1 aliphatic rings. The highest BCUT2D eigenvalue weighted by molar-refractivity contribution is 5.95. The molecule has 1 fully saturated rings. The summed E-state index contributed by atoms with van der Waals surface area (Å²) in [6, 6.07) is 14.0. The predicted octanol–water partition coefficient (Wildman–Crippen LogP) is 3.46. The van der Waals surface area contributed by atoms with Crippen LogP contribution >= 0.6 is 0 Å². The van der Waals surface area contributed by atoms with Crippen LogP contribution in [-0.4, -0.2) is 50.1 Å². The van der Waals surface area contributed by atoms with E-state index in [-0.39, 0.29) is 11.9 Å². The third kappa shape index (κ3) is 4.25. The number of hydrogen-bond acceptors (Lipinski definition) is 4. The van der Waals surface area contributed by atoms with Crippen molar-refractivity contribution < 1.29 is 9.53 Å². The molecule has 2 aromatic carbocycles. The highest BCUT2D eigenvalue weighted by Crippen LogP contribution is 2.28. The number of carbonyl (C=O) groups is 1. The van der Waals surface area contributed by atoms with Crippen molar-refractivity contribution in [1.29, 1.82) is 0 Å². The van der Waals surface area contributed by atoms with E-state index in [1.165, 1.54) is 0 Å². The Balaban J connectivity index is 1.61. The van der Waals surface area contributed by atoms with Crippen LogP contribution in [0.15, 0.2) is 42.5 Å². The lowest BCUT2D eigenvalue weighted by Crippen LogP contribution is -2.53. The summed E-state index contributed by atoms with van der Waals surface area (Å²) >= 11 is 0. The van der Waals surface area contributed by atoms with Gasteiger partial charge in [0.15, 0.2) is 0 Å². The molecule has 0 unspecified atom stereocenters. The van der Waals surface area contributed by atoms with Gasteiger partial charge in [0.25, 0.3) is 0 Å². The summed E-state index contributed by atoms with van der Waals surface area (Å²) in [7, 11) is 1.70. The molecule has 0 aromatic heterocycles. The van der Waals surface area contributed by atoms with Crippen molar-refractivity contribution in [3.63, 3.8) is 0 Å². The topological polar surface area (TPSA) is 44.8 Å². The van der Waals surface area contributed by atoms with Gasteiger partial charge in [-0.05, 0) is 44.0 Å². The van der Waals surface area contributed by atoms with Crippen LogP contribution in [0.25, 0.3) is 0 Å². The zero-order valence-corrected chi connectivity index (χ0v) is 16.7. The number of anilines is 2. The highest BCUT2D eigenvalue weighted by Gasteiger charge is 2.27. The minimum atomic E-state index is -0.163. The van der Waals surface area contributed by atoms with E-state index in [9.17, 15) is 4.79 Å². The first kappa shape index (κ1) is 19.2. The Morgan fingerprint density at radius 2 is 1.63 bits per heavy atom. The molecule has 0 radical (unpaired) electrons. The Morgan fingerprint density at radius 1 is 1.00 bits per heavy atom. The van der Waals surface area contributed by atoms with Crippen molar-refractivity contribution >= 4 is 17.3 Å². The number of hydrogen-bond donors (Lipinski definition) is 1. The first-order valence-corrected chi connectivity index (χ1v) is 9.50. The van der Waals surface area contributed by atoms with Crippen molar-refractivity contribution in [3.8, 4) is 5.75 Å². The van der Waals surface area contributed by atoms with E-state index >= 15 is 0 Å². The fourth-order valence-corrected chi connectivity index (χ4v) is 3.65. The quantitative estimate of drug-likeness (QED) is 0.879. The van der Waals surface area contributed by atoms with Gasteiger partial charge < -0.3 is 15.0 Å². The minimum absolute atomic E-state index is 0.0538. The molecule has 1 saturated heterocycles. The van der Waals surface area contributed by atoms with Crippen LogP contribution in [0.5, 0.6) is 5.75 Å². The predicted molar refractivity (Wildman–Crippen MR) is 111 cm³/mol. The van der Waals surface area contributed by atoms with E-state index in [0.717, 1.165) is 54.4 Å².